The highest BCUT2D eigenvalue weighted by Gasteiger charge is 2.11. The van der Waals surface area contributed by atoms with E-state index in [2.05, 4.69) is 10.1 Å². The average molecular weight is 199 g/mol. The highest BCUT2D eigenvalue weighted by Crippen LogP contribution is 2.31. The maximum atomic E-state index is 5.70. The molecule has 0 aliphatic heterocycles. The normalized spacial score (nSPS) is 10.9. The van der Waals surface area contributed by atoms with Gasteiger partial charge in [0, 0.05) is 22.7 Å². The second-order valence-electron chi connectivity index (χ2n) is 3.36. The van der Waals surface area contributed by atoms with Crippen molar-refractivity contribution in [3.05, 3.63) is 36.7 Å². The molecule has 0 amide bonds. The monoisotopic (exact) mass is 199 g/mol. The van der Waals surface area contributed by atoms with Crippen molar-refractivity contribution in [2.24, 2.45) is 0 Å². The van der Waals surface area contributed by atoms with Crippen LogP contribution in [0.4, 0.5) is 5.82 Å². The summed E-state index contributed by atoms with van der Waals surface area (Å²) in [6.07, 6.45) is 3.47. The van der Waals surface area contributed by atoms with E-state index in [0.29, 0.717) is 5.82 Å². The molecule has 1 aromatic carbocycles. The number of aromatic nitrogens is 2. The number of fused-ring (bicyclic) bond motifs is 1. The van der Waals surface area contributed by atoms with Crippen LogP contribution in [0.2, 0.25) is 0 Å². The predicted octanol–water partition coefficient (Wildman–Crippen LogP) is 2.41. The molecule has 0 atom stereocenters. The first-order valence-corrected chi connectivity index (χ1v) is 4.62. The molecule has 3 N–H and O–H groups in total. The minimum absolute atomic E-state index is 0.416. The largest absolute Gasteiger partial charge is 0.380 e. The Morgan fingerprint density at radius 2 is 2.07 bits per heavy atom. The van der Waals surface area contributed by atoms with E-state index in [1.54, 1.807) is 6.26 Å². The Bertz CT molecular complexity index is 609. The SMILES string of the molecule is Nc1nocc1-c1c[nH]c2ccccc12. The Labute approximate surface area is 85.7 Å². The first-order chi connectivity index (χ1) is 7.36. The van der Waals surface area contributed by atoms with Crippen LogP contribution in [0.5, 0.6) is 0 Å². The molecular weight excluding hydrogens is 190 g/mol. The summed E-state index contributed by atoms with van der Waals surface area (Å²) in [7, 11) is 0. The van der Waals surface area contributed by atoms with E-state index in [0.717, 1.165) is 22.0 Å². The molecule has 0 fully saturated rings. The molecule has 0 saturated heterocycles. The third kappa shape index (κ3) is 1.11. The van der Waals surface area contributed by atoms with Crippen LogP contribution in [-0.2, 0) is 0 Å². The number of nitrogen functional groups attached to an aromatic ring is 1. The number of hydrogen-bond acceptors (Lipinski definition) is 3. The van der Waals surface area contributed by atoms with E-state index in [1.165, 1.54) is 0 Å². The molecule has 0 radical (unpaired) electrons. The van der Waals surface area contributed by atoms with Crippen LogP contribution in [0.1, 0.15) is 0 Å². The zero-order chi connectivity index (χ0) is 10.3. The van der Waals surface area contributed by atoms with Gasteiger partial charge >= 0.3 is 0 Å². The molecule has 0 bridgehead atoms. The molecule has 3 rings (SSSR count). The zero-order valence-corrected chi connectivity index (χ0v) is 7.90. The lowest BCUT2D eigenvalue weighted by molar-refractivity contribution is 0.423. The minimum atomic E-state index is 0.416. The molecular formula is C11H9N3O. The molecule has 4 nitrogen and oxygen atoms in total. The summed E-state index contributed by atoms with van der Waals surface area (Å²) >= 11 is 0. The van der Waals surface area contributed by atoms with Gasteiger partial charge in [0.1, 0.15) is 6.26 Å². The molecule has 2 heterocycles. The molecule has 0 spiro atoms. The number of aromatic amines is 1. The number of benzene rings is 1. The van der Waals surface area contributed by atoms with Gasteiger partial charge in [-0.05, 0) is 6.07 Å². The van der Waals surface area contributed by atoms with Crippen molar-refractivity contribution in [2.75, 3.05) is 5.73 Å². The Kier molecular flexibility index (Phi) is 1.56. The van der Waals surface area contributed by atoms with E-state index in [-0.39, 0.29) is 0 Å². The van der Waals surface area contributed by atoms with Crippen molar-refractivity contribution in [3.63, 3.8) is 0 Å². The lowest BCUT2D eigenvalue weighted by Gasteiger charge is -1.94. The first-order valence-electron chi connectivity index (χ1n) is 4.62. The second-order valence-corrected chi connectivity index (χ2v) is 3.36. The van der Waals surface area contributed by atoms with Gasteiger partial charge in [-0.2, -0.15) is 0 Å². The Balaban J connectivity index is 2.32. The molecule has 74 valence electrons. The highest BCUT2D eigenvalue weighted by molar-refractivity contribution is 5.97. The topological polar surface area (TPSA) is 67.8 Å². The maximum Gasteiger partial charge on any atom is 0.174 e. The van der Waals surface area contributed by atoms with Crippen LogP contribution in [0.15, 0.2) is 41.2 Å². The van der Waals surface area contributed by atoms with E-state index < -0.39 is 0 Å². The van der Waals surface area contributed by atoms with Gasteiger partial charge in [-0.25, -0.2) is 0 Å². The van der Waals surface area contributed by atoms with Crippen molar-refractivity contribution in [1.82, 2.24) is 10.1 Å². The van der Waals surface area contributed by atoms with Crippen molar-refractivity contribution in [1.29, 1.82) is 0 Å². The second kappa shape index (κ2) is 2.88. The summed E-state index contributed by atoms with van der Waals surface area (Å²) in [4.78, 5) is 3.18. The standard InChI is InChI=1S/C11H9N3O/c12-11-9(6-15-14-11)8-5-13-10-4-2-1-3-7(8)10/h1-6,13H,(H2,12,14). The average Bonchev–Trinajstić information content (AvgIpc) is 2.83. The Hall–Kier alpha value is -2.23. The fourth-order valence-electron chi connectivity index (χ4n) is 1.74. The summed E-state index contributed by atoms with van der Waals surface area (Å²) in [5.74, 6) is 0.416. The summed E-state index contributed by atoms with van der Waals surface area (Å²) in [6, 6.07) is 8.03. The van der Waals surface area contributed by atoms with Crippen LogP contribution in [0, 0.1) is 0 Å². The number of para-hydroxylation sites is 1. The van der Waals surface area contributed by atoms with E-state index in [1.807, 2.05) is 30.5 Å². The minimum Gasteiger partial charge on any atom is -0.380 e. The van der Waals surface area contributed by atoms with Crippen molar-refractivity contribution >= 4 is 16.7 Å². The predicted molar refractivity (Wildman–Crippen MR) is 58.2 cm³/mol. The summed E-state index contributed by atoms with van der Waals surface area (Å²) in [5, 5.41) is 4.79. The molecule has 3 aromatic rings. The van der Waals surface area contributed by atoms with Gasteiger partial charge in [-0.1, -0.05) is 23.4 Å². The molecule has 0 saturated carbocycles. The fourth-order valence-corrected chi connectivity index (χ4v) is 1.74. The van der Waals surface area contributed by atoms with Gasteiger partial charge in [0.2, 0.25) is 0 Å². The number of H-pyrrole nitrogens is 1. The number of nitrogens with zero attached hydrogens (tertiary/aromatic N) is 1. The van der Waals surface area contributed by atoms with Gasteiger partial charge in [0.05, 0.1) is 5.56 Å². The third-order valence-corrected chi connectivity index (χ3v) is 2.48. The van der Waals surface area contributed by atoms with Crippen molar-refractivity contribution < 1.29 is 4.52 Å². The van der Waals surface area contributed by atoms with E-state index >= 15 is 0 Å². The molecule has 15 heavy (non-hydrogen) atoms. The first kappa shape index (κ1) is 8.11. The van der Waals surface area contributed by atoms with Crippen LogP contribution in [-0.4, -0.2) is 10.1 Å². The van der Waals surface area contributed by atoms with Gasteiger partial charge < -0.3 is 15.2 Å². The van der Waals surface area contributed by atoms with Crippen molar-refractivity contribution in [2.45, 2.75) is 0 Å². The zero-order valence-electron chi connectivity index (χ0n) is 7.90. The number of hydrogen-bond donors (Lipinski definition) is 2. The van der Waals surface area contributed by atoms with E-state index in [4.69, 9.17) is 10.3 Å². The van der Waals surface area contributed by atoms with Gasteiger partial charge in [-0.15, -0.1) is 0 Å². The number of nitrogens with one attached hydrogen (secondary N) is 1. The van der Waals surface area contributed by atoms with Crippen molar-refractivity contribution in [3.8, 4) is 11.1 Å². The lowest BCUT2D eigenvalue weighted by Crippen LogP contribution is -1.86. The number of anilines is 1. The van der Waals surface area contributed by atoms with Gasteiger partial charge in [0.25, 0.3) is 0 Å². The van der Waals surface area contributed by atoms with Crippen LogP contribution < -0.4 is 5.73 Å². The molecule has 0 aliphatic carbocycles. The summed E-state index contributed by atoms with van der Waals surface area (Å²) < 4.78 is 4.83. The molecule has 0 unspecified atom stereocenters. The lowest BCUT2D eigenvalue weighted by atomic mass is 10.1. The highest BCUT2D eigenvalue weighted by atomic mass is 16.5. The molecule has 0 aliphatic rings. The van der Waals surface area contributed by atoms with Gasteiger partial charge in [-0.3, -0.25) is 0 Å². The smallest absolute Gasteiger partial charge is 0.174 e. The third-order valence-electron chi connectivity index (χ3n) is 2.48. The van der Waals surface area contributed by atoms with Crippen LogP contribution in [0.3, 0.4) is 0 Å². The summed E-state index contributed by atoms with van der Waals surface area (Å²) in [6.45, 7) is 0. The Morgan fingerprint density at radius 3 is 2.87 bits per heavy atom. The maximum absolute atomic E-state index is 5.70. The summed E-state index contributed by atoms with van der Waals surface area (Å²) in [5.41, 5.74) is 8.63. The van der Waals surface area contributed by atoms with Gasteiger partial charge in [0.15, 0.2) is 5.82 Å². The number of rotatable bonds is 1. The van der Waals surface area contributed by atoms with E-state index in [9.17, 15) is 0 Å². The molecule has 4 heteroatoms. The van der Waals surface area contributed by atoms with Crippen LogP contribution >= 0.6 is 0 Å². The fraction of sp³-hybridized carbons (Fsp3) is 0. The quantitative estimate of drug-likeness (QED) is 0.632. The van der Waals surface area contributed by atoms with Crippen LogP contribution in [0.25, 0.3) is 22.0 Å². The number of nitrogens with two attached hydrogens (primary N) is 1. The molecule has 2 aromatic heterocycles. The Morgan fingerprint density at radius 1 is 1.20 bits per heavy atom.